The number of pyridine rings is 1. The quantitative estimate of drug-likeness (QED) is 0.895. The number of carbonyl (C=O) groups is 1. The first-order valence-electron chi connectivity index (χ1n) is 5.90. The summed E-state index contributed by atoms with van der Waals surface area (Å²) in [7, 11) is 1.96. The maximum absolute atomic E-state index is 12.1. The second kappa shape index (κ2) is 5.04. The Morgan fingerprint density at radius 1 is 1.39 bits per heavy atom. The number of nitrogens with zero attached hydrogens (tertiary/aromatic N) is 2. The summed E-state index contributed by atoms with van der Waals surface area (Å²) in [6, 6.07) is 7.56. The van der Waals surface area contributed by atoms with Crippen molar-refractivity contribution >= 4 is 5.91 Å². The Hall–Kier alpha value is -2.10. The molecule has 0 aliphatic carbocycles. The lowest BCUT2D eigenvalue weighted by atomic mass is 10.2. The molecule has 0 aromatic carbocycles. The van der Waals surface area contributed by atoms with Crippen molar-refractivity contribution < 1.29 is 4.79 Å². The van der Waals surface area contributed by atoms with Gasteiger partial charge < -0.3 is 9.88 Å². The predicted molar refractivity (Wildman–Crippen MR) is 70.3 cm³/mol. The first-order valence-corrected chi connectivity index (χ1v) is 5.90. The summed E-state index contributed by atoms with van der Waals surface area (Å²) < 4.78 is 2.01. The van der Waals surface area contributed by atoms with Gasteiger partial charge in [-0.15, -0.1) is 0 Å². The van der Waals surface area contributed by atoms with Gasteiger partial charge in [0.05, 0.1) is 17.8 Å². The van der Waals surface area contributed by atoms with Crippen molar-refractivity contribution in [2.75, 3.05) is 0 Å². The van der Waals surface area contributed by atoms with Crippen molar-refractivity contribution in [3.63, 3.8) is 0 Å². The van der Waals surface area contributed by atoms with Gasteiger partial charge in [-0.1, -0.05) is 6.07 Å². The molecule has 2 aromatic heterocycles. The average molecular weight is 243 g/mol. The van der Waals surface area contributed by atoms with Crippen molar-refractivity contribution in [2.45, 2.75) is 20.4 Å². The fraction of sp³-hybridized carbons (Fsp3) is 0.286. The molecule has 1 N–H and O–H groups in total. The van der Waals surface area contributed by atoms with Crippen LogP contribution in [0.2, 0.25) is 0 Å². The van der Waals surface area contributed by atoms with Gasteiger partial charge in [0, 0.05) is 24.6 Å². The van der Waals surface area contributed by atoms with Crippen LogP contribution in [0.1, 0.15) is 27.4 Å². The van der Waals surface area contributed by atoms with Crippen LogP contribution in [-0.4, -0.2) is 15.5 Å². The van der Waals surface area contributed by atoms with Gasteiger partial charge in [0.1, 0.15) is 0 Å². The van der Waals surface area contributed by atoms with E-state index in [2.05, 4.69) is 10.3 Å². The highest BCUT2D eigenvalue weighted by Gasteiger charge is 2.13. The predicted octanol–water partition coefficient (Wildman–Crippen LogP) is 1.97. The SMILES string of the molecule is Cc1cc(C(=O)NCc2ccccn2)c(C)n1C. The molecule has 0 fully saturated rings. The van der Waals surface area contributed by atoms with Crippen LogP contribution in [0.25, 0.3) is 0 Å². The van der Waals surface area contributed by atoms with Crippen molar-refractivity contribution in [2.24, 2.45) is 7.05 Å². The maximum Gasteiger partial charge on any atom is 0.253 e. The molecule has 0 radical (unpaired) electrons. The zero-order chi connectivity index (χ0) is 13.1. The number of rotatable bonds is 3. The first-order chi connectivity index (χ1) is 8.59. The van der Waals surface area contributed by atoms with E-state index in [-0.39, 0.29) is 5.91 Å². The number of nitrogens with one attached hydrogen (secondary N) is 1. The third kappa shape index (κ3) is 2.42. The summed E-state index contributed by atoms with van der Waals surface area (Å²) in [6.45, 7) is 4.39. The second-order valence-electron chi connectivity index (χ2n) is 4.35. The molecule has 0 atom stereocenters. The van der Waals surface area contributed by atoms with E-state index in [1.165, 1.54) is 0 Å². The smallest absolute Gasteiger partial charge is 0.253 e. The third-order valence-electron chi connectivity index (χ3n) is 3.18. The molecule has 0 bridgehead atoms. The van der Waals surface area contributed by atoms with Gasteiger partial charge in [0.15, 0.2) is 0 Å². The van der Waals surface area contributed by atoms with E-state index in [1.54, 1.807) is 6.20 Å². The Morgan fingerprint density at radius 3 is 2.72 bits per heavy atom. The molecule has 0 spiro atoms. The van der Waals surface area contributed by atoms with Gasteiger partial charge in [-0.05, 0) is 32.0 Å². The lowest BCUT2D eigenvalue weighted by Gasteiger charge is -2.05. The highest BCUT2D eigenvalue weighted by molar-refractivity contribution is 5.95. The number of aryl methyl sites for hydroxylation is 1. The Labute approximate surface area is 107 Å². The standard InChI is InChI=1S/C14H17N3O/c1-10-8-13(11(2)17(10)3)14(18)16-9-12-6-4-5-7-15-12/h4-8H,9H2,1-3H3,(H,16,18). The summed E-state index contributed by atoms with van der Waals surface area (Å²) in [6.07, 6.45) is 1.72. The minimum atomic E-state index is -0.0538. The summed E-state index contributed by atoms with van der Waals surface area (Å²) in [4.78, 5) is 16.2. The number of hydrogen-bond donors (Lipinski definition) is 1. The molecule has 4 nitrogen and oxygen atoms in total. The van der Waals surface area contributed by atoms with Crippen molar-refractivity contribution in [1.29, 1.82) is 0 Å². The van der Waals surface area contributed by atoms with Gasteiger partial charge in [0.2, 0.25) is 0 Å². The van der Waals surface area contributed by atoms with Gasteiger partial charge in [-0.2, -0.15) is 0 Å². The zero-order valence-corrected chi connectivity index (χ0v) is 10.9. The van der Waals surface area contributed by atoms with E-state index in [9.17, 15) is 4.79 Å². The molecule has 0 aliphatic heterocycles. The van der Waals surface area contributed by atoms with Crippen LogP contribution in [0.4, 0.5) is 0 Å². The summed E-state index contributed by atoms with van der Waals surface area (Å²) in [5.41, 5.74) is 3.64. The molecular weight excluding hydrogens is 226 g/mol. The van der Waals surface area contributed by atoms with E-state index in [1.807, 2.05) is 49.7 Å². The van der Waals surface area contributed by atoms with Crippen LogP contribution in [0.5, 0.6) is 0 Å². The first kappa shape index (κ1) is 12.4. The molecule has 0 saturated heterocycles. The van der Waals surface area contributed by atoms with Gasteiger partial charge in [-0.3, -0.25) is 9.78 Å². The average Bonchev–Trinajstić information content (AvgIpc) is 2.65. The zero-order valence-electron chi connectivity index (χ0n) is 10.9. The molecule has 2 aromatic rings. The Kier molecular flexibility index (Phi) is 3.46. The molecule has 18 heavy (non-hydrogen) atoms. The molecule has 1 amide bonds. The molecular formula is C14H17N3O. The second-order valence-corrected chi connectivity index (χ2v) is 4.35. The summed E-state index contributed by atoms with van der Waals surface area (Å²) in [5, 5.41) is 2.88. The topological polar surface area (TPSA) is 46.9 Å². The number of hydrogen-bond acceptors (Lipinski definition) is 2. The van der Waals surface area contributed by atoms with Crippen LogP contribution in [0.15, 0.2) is 30.5 Å². The van der Waals surface area contributed by atoms with E-state index in [0.29, 0.717) is 6.54 Å². The van der Waals surface area contributed by atoms with Crippen molar-refractivity contribution in [3.05, 3.63) is 53.1 Å². The Morgan fingerprint density at radius 2 is 2.17 bits per heavy atom. The monoisotopic (exact) mass is 243 g/mol. The largest absolute Gasteiger partial charge is 0.351 e. The lowest BCUT2D eigenvalue weighted by molar-refractivity contribution is 0.0949. The minimum absolute atomic E-state index is 0.0538. The highest BCUT2D eigenvalue weighted by atomic mass is 16.1. The fourth-order valence-electron chi connectivity index (χ4n) is 1.85. The Bertz CT molecular complexity index is 558. The van der Waals surface area contributed by atoms with E-state index < -0.39 is 0 Å². The Balaban J connectivity index is 2.06. The normalized spacial score (nSPS) is 10.4. The van der Waals surface area contributed by atoms with Crippen LogP contribution in [0, 0.1) is 13.8 Å². The van der Waals surface area contributed by atoms with Gasteiger partial charge in [-0.25, -0.2) is 0 Å². The lowest BCUT2D eigenvalue weighted by Crippen LogP contribution is -2.23. The number of carbonyl (C=O) groups excluding carboxylic acids is 1. The summed E-state index contributed by atoms with van der Waals surface area (Å²) >= 11 is 0. The fourth-order valence-corrected chi connectivity index (χ4v) is 1.85. The molecule has 2 heterocycles. The van der Waals surface area contributed by atoms with Crippen LogP contribution >= 0.6 is 0 Å². The van der Waals surface area contributed by atoms with Crippen LogP contribution in [-0.2, 0) is 13.6 Å². The molecule has 0 aliphatic rings. The van der Waals surface area contributed by atoms with Crippen LogP contribution in [0.3, 0.4) is 0 Å². The third-order valence-corrected chi connectivity index (χ3v) is 3.18. The number of aromatic nitrogens is 2. The van der Waals surface area contributed by atoms with Gasteiger partial charge >= 0.3 is 0 Å². The maximum atomic E-state index is 12.1. The highest BCUT2D eigenvalue weighted by Crippen LogP contribution is 2.13. The number of amides is 1. The van der Waals surface area contributed by atoms with E-state index in [4.69, 9.17) is 0 Å². The van der Waals surface area contributed by atoms with Crippen LogP contribution < -0.4 is 5.32 Å². The molecule has 4 heteroatoms. The molecule has 2 rings (SSSR count). The minimum Gasteiger partial charge on any atom is -0.351 e. The molecule has 0 saturated carbocycles. The summed E-state index contributed by atoms with van der Waals surface area (Å²) in [5.74, 6) is -0.0538. The van der Waals surface area contributed by atoms with Crippen molar-refractivity contribution in [3.8, 4) is 0 Å². The molecule has 94 valence electrons. The molecule has 0 unspecified atom stereocenters. The van der Waals surface area contributed by atoms with E-state index in [0.717, 1.165) is 22.6 Å². The van der Waals surface area contributed by atoms with E-state index >= 15 is 0 Å². The van der Waals surface area contributed by atoms with Crippen molar-refractivity contribution in [1.82, 2.24) is 14.9 Å². The van der Waals surface area contributed by atoms with Gasteiger partial charge in [0.25, 0.3) is 5.91 Å².